The monoisotopic (exact) mass is 298 g/mol. The molecule has 0 aromatic carbocycles. The SMILES string of the molecule is CCCCCC(CCC)Cn1cc[n+](C)c1.COC(=O)[O-]. The highest BCUT2D eigenvalue weighted by Gasteiger charge is 2.11. The Hall–Kier alpha value is -1.52. The highest BCUT2D eigenvalue weighted by atomic mass is 16.6. The molecule has 122 valence electrons. The normalized spacial score (nSPS) is 11.4. The van der Waals surface area contributed by atoms with Gasteiger partial charge in [-0.3, -0.25) is 0 Å². The van der Waals surface area contributed by atoms with E-state index in [-0.39, 0.29) is 0 Å². The number of nitrogens with zero attached hydrogens (tertiary/aromatic N) is 2. The van der Waals surface area contributed by atoms with Gasteiger partial charge in [0, 0.05) is 7.11 Å². The lowest BCUT2D eigenvalue weighted by molar-refractivity contribution is -0.671. The largest absolute Gasteiger partial charge is 0.553 e. The predicted octanol–water partition coefficient (Wildman–Crippen LogP) is 2.29. The van der Waals surface area contributed by atoms with Crippen molar-refractivity contribution in [1.29, 1.82) is 0 Å². The van der Waals surface area contributed by atoms with Crippen LogP contribution >= 0.6 is 0 Å². The molecule has 5 heteroatoms. The van der Waals surface area contributed by atoms with E-state index in [1.54, 1.807) is 0 Å². The molecule has 0 amide bonds. The fraction of sp³-hybridized carbons (Fsp3) is 0.750. The Bertz CT molecular complexity index is 377. The van der Waals surface area contributed by atoms with Crippen LogP contribution in [0.5, 0.6) is 0 Å². The van der Waals surface area contributed by atoms with Crippen LogP contribution in [0, 0.1) is 5.92 Å². The summed E-state index contributed by atoms with van der Waals surface area (Å²) in [6, 6.07) is 0. The van der Waals surface area contributed by atoms with Crippen molar-refractivity contribution in [3.63, 3.8) is 0 Å². The van der Waals surface area contributed by atoms with Crippen LogP contribution in [0.2, 0.25) is 0 Å². The number of unbranched alkanes of at least 4 members (excludes halogenated alkanes) is 2. The molecule has 0 aliphatic rings. The van der Waals surface area contributed by atoms with Gasteiger partial charge in [-0.15, -0.1) is 0 Å². The number of ether oxygens (including phenoxy) is 1. The first kappa shape index (κ1) is 19.5. The average molecular weight is 298 g/mol. The van der Waals surface area contributed by atoms with E-state index in [9.17, 15) is 0 Å². The zero-order valence-electron chi connectivity index (χ0n) is 13.9. The van der Waals surface area contributed by atoms with Gasteiger partial charge in [-0.1, -0.05) is 39.5 Å². The third-order valence-electron chi connectivity index (χ3n) is 3.37. The molecule has 0 aliphatic carbocycles. The number of carbonyl (C=O) groups is 1. The third-order valence-corrected chi connectivity index (χ3v) is 3.37. The molecular formula is C16H30N2O3. The number of methoxy groups -OCH3 is 1. The smallest absolute Gasteiger partial charge is 0.251 e. The molecule has 0 aliphatic heterocycles. The molecule has 1 rings (SSSR count). The molecule has 0 saturated heterocycles. The summed E-state index contributed by atoms with van der Waals surface area (Å²) < 4.78 is 8.00. The summed E-state index contributed by atoms with van der Waals surface area (Å²) in [6.07, 6.45) is 13.2. The maximum absolute atomic E-state index is 9.03. The van der Waals surface area contributed by atoms with Crippen molar-refractivity contribution in [2.75, 3.05) is 7.11 Å². The molecule has 1 heterocycles. The van der Waals surface area contributed by atoms with E-state index in [1.165, 1.54) is 45.1 Å². The lowest BCUT2D eigenvalue weighted by Crippen LogP contribution is -2.24. The lowest BCUT2D eigenvalue weighted by Gasteiger charge is -2.13. The van der Waals surface area contributed by atoms with Gasteiger partial charge in [0.25, 0.3) is 6.16 Å². The quantitative estimate of drug-likeness (QED) is 0.420. The molecule has 1 unspecified atom stereocenters. The van der Waals surface area contributed by atoms with E-state index in [0.717, 1.165) is 13.0 Å². The second-order valence-corrected chi connectivity index (χ2v) is 5.38. The number of carbonyl (C=O) groups excluding carboxylic acids is 1. The second kappa shape index (κ2) is 12.2. The van der Waals surface area contributed by atoms with E-state index in [1.807, 2.05) is 0 Å². The van der Waals surface area contributed by atoms with Crippen molar-refractivity contribution in [2.24, 2.45) is 13.0 Å². The maximum atomic E-state index is 9.03. The topological polar surface area (TPSA) is 58.2 Å². The first-order chi connectivity index (χ1) is 10.0. The van der Waals surface area contributed by atoms with Gasteiger partial charge in [0.1, 0.15) is 12.4 Å². The molecule has 0 bridgehead atoms. The molecule has 0 radical (unpaired) electrons. The van der Waals surface area contributed by atoms with Crippen LogP contribution in [-0.4, -0.2) is 17.8 Å². The first-order valence-electron chi connectivity index (χ1n) is 7.79. The second-order valence-electron chi connectivity index (χ2n) is 5.38. The number of hydrogen-bond acceptors (Lipinski definition) is 3. The van der Waals surface area contributed by atoms with Crippen LogP contribution in [0.1, 0.15) is 52.4 Å². The van der Waals surface area contributed by atoms with Crippen molar-refractivity contribution < 1.29 is 19.2 Å². The van der Waals surface area contributed by atoms with E-state index in [4.69, 9.17) is 9.90 Å². The molecule has 0 spiro atoms. The van der Waals surface area contributed by atoms with Crippen molar-refractivity contribution in [3.05, 3.63) is 18.7 Å². The number of aryl methyl sites for hydroxylation is 1. The van der Waals surface area contributed by atoms with Gasteiger partial charge in [-0.05, 0) is 18.8 Å². The van der Waals surface area contributed by atoms with Gasteiger partial charge in [-0.2, -0.15) is 0 Å². The van der Waals surface area contributed by atoms with E-state index in [2.05, 4.69) is 53.5 Å². The average Bonchev–Trinajstić information content (AvgIpc) is 2.85. The third kappa shape index (κ3) is 10.9. The van der Waals surface area contributed by atoms with Gasteiger partial charge in [0.2, 0.25) is 6.33 Å². The van der Waals surface area contributed by atoms with Crippen molar-refractivity contribution >= 4 is 6.16 Å². The fourth-order valence-electron chi connectivity index (χ4n) is 2.33. The minimum Gasteiger partial charge on any atom is -0.553 e. The summed E-state index contributed by atoms with van der Waals surface area (Å²) in [6.45, 7) is 5.77. The van der Waals surface area contributed by atoms with Crippen LogP contribution in [0.25, 0.3) is 0 Å². The van der Waals surface area contributed by atoms with Crippen LogP contribution < -0.4 is 9.67 Å². The molecule has 1 aromatic rings. The highest BCUT2D eigenvalue weighted by Crippen LogP contribution is 2.17. The summed E-state index contributed by atoms with van der Waals surface area (Å²) in [5, 5.41) is 9.03. The van der Waals surface area contributed by atoms with Crippen LogP contribution in [0.3, 0.4) is 0 Å². The van der Waals surface area contributed by atoms with Gasteiger partial charge < -0.3 is 14.6 Å². The minimum absolute atomic E-state index is 0.865. The Morgan fingerprint density at radius 1 is 1.29 bits per heavy atom. The Kier molecular flexibility index (Phi) is 11.4. The zero-order valence-corrected chi connectivity index (χ0v) is 13.9. The first-order valence-corrected chi connectivity index (χ1v) is 7.79. The minimum atomic E-state index is -1.50. The highest BCUT2D eigenvalue weighted by molar-refractivity contribution is 5.53. The maximum Gasteiger partial charge on any atom is 0.251 e. The molecule has 5 nitrogen and oxygen atoms in total. The van der Waals surface area contributed by atoms with E-state index >= 15 is 0 Å². The number of hydrogen-bond donors (Lipinski definition) is 0. The molecule has 1 atom stereocenters. The number of rotatable bonds is 8. The van der Waals surface area contributed by atoms with Gasteiger partial charge in [0.15, 0.2) is 0 Å². The molecule has 21 heavy (non-hydrogen) atoms. The summed E-state index contributed by atoms with van der Waals surface area (Å²) in [4.78, 5) is 9.03. The standard InChI is InChI=1S/C14H27N2.C2H4O3/c1-4-6-7-9-14(8-5-2)12-16-11-10-15(3)13-16;1-5-2(3)4/h10-11,13-14H,4-9,12H2,1-3H3;1H3,(H,3,4)/q+1;/p-1. The summed E-state index contributed by atoms with van der Waals surface area (Å²) in [5.74, 6) is 0.865. The van der Waals surface area contributed by atoms with Gasteiger partial charge in [0.05, 0.1) is 13.6 Å². The van der Waals surface area contributed by atoms with Crippen LogP contribution in [0.15, 0.2) is 18.7 Å². The number of aromatic nitrogens is 2. The molecule has 1 aromatic heterocycles. The number of carboxylic acid groups (broad SMARTS) is 1. The molecule has 0 saturated carbocycles. The number of imidazole rings is 1. The fourth-order valence-corrected chi connectivity index (χ4v) is 2.33. The van der Waals surface area contributed by atoms with Crippen molar-refractivity contribution in [3.8, 4) is 0 Å². The predicted molar refractivity (Wildman–Crippen MR) is 80.6 cm³/mol. The zero-order chi connectivity index (χ0) is 16.1. The van der Waals surface area contributed by atoms with Crippen molar-refractivity contribution in [2.45, 2.75) is 58.9 Å². The molecule has 0 fully saturated rings. The summed E-state index contributed by atoms with van der Waals surface area (Å²) >= 11 is 0. The van der Waals surface area contributed by atoms with Gasteiger partial charge >= 0.3 is 0 Å². The summed E-state index contributed by atoms with van der Waals surface area (Å²) in [5.41, 5.74) is 0. The van der Waals surface area contributed by atoms with Crippen LogP contribution in [0.4, 0.5) is 4.79 Å². The van der Waals surface area contributed by atoms with Crippen LogP contribution in [-0.2, 0) is 18.3 Å². The van der Waals surface area contributed by atoms with Gasteiger partial charge in [-0.25, -0.2) is 9.13 Å². The van der Waals surface area contributed by atoms with E-state index in [0.29, 0.717) is 0 Å². The van der Waals surface area contributed by atoms with Crippen molar-refractivity contribution in [1.82, 2.24) is 4.57 Å². The Morgan fingerprint density at radius 3 is 2.38 bits per heavy atom. The van der Waals surface area contributed by atoms with E-state index < -0.39 is 6.16 Å². The Morgan fingerprint density at radius 2 is 1.95 bits per heavy atom. The molecular weight excluding hydrogens is 268 g/mol. The Labute approximate surface area is 128 Å². The lowest BCUT2D eigenvalue weighted by atomic mass is 9.96. The Balaban J connectivity index is 0.000000690. The molecule has 0 N–H and O–H groups in total. The summed E-state index contributed by atoms with van der Waals surface area (Å²) in [7, 11) is 3.12.